The lowest BCUT2D eigenvalue weighted by molar-refractivity contribution is 0.637. The molecule has 0 saturated heterocycles. The molecule has 0 bridgehead atoms. The van der Waals surface area contributed by atoms with E-state index in [1.165, 1.54) is 27.6 Å². The quantitative estimate of drug-likeness (QED) is 0.696. The Kier molecular flexibility index (Phi) is 2.38. The van der Waals surface area contributed by atoms with Crippen LogP contribution in [-0.4, -0.2) is 16.7 Å². The van der Waals surface area contributed by atoms with Gasteiger partial charge in [-0.05, 0) is 10.8 Å². The van der Waals surface area contributed by atoms with E-state index in [-0.39, 0.29) is 0 Å². The number of nitrogens with zero attached hydrogens (tertiary/aromatic N) is 1. The zero-order valence-corrected chi connectivity index (χ0v) is 10.6. The molecule has 1 aromatic heterocycles. The van der Waals surface area contributed by atoms with E-state index in [9.17, 15) is 0 Å². The lowest BCUT2D eigenvalue weighted by Crippen LogP contribution is -2.23. The molecule has 3 aromatic rings. The second-order valence-corrected chi connectivity index (χ2v) is 4.98. The summed E-state index contributed by atoms with van der Waals surface area (Å²) in [5, 5.41) is 13.7. The van der Waals surface area contributed by atoms with E-state index in [1.54, 1.807) is 0 Å². The summed E-state index contributed by atoms with van der Waals surface area (Å²) in [6.07, 6.45) is 1.03. The molecule has 0 amide bonds. The number of nitrogens with one attached hydrogen (secondary N) is 2. The van der Waals surface area contributed by atoms with Gasteiger partial charge in [-0.15, -0.1) is 0 Å². The van der Waals surface area contributed by atoms with Gasteiger partial charge in [0.1, 0.15) is 0 Å². The van der Waals surface area contributed by atoms with Crippen molar-refractivity contribution < 1.29 is 0 Å². The van der Waals surface area contributed by atoms with E-state index >= 15 is 0 Å². The summed E-state index contributed by atoms with van der Waals surface area (Å²) in [5.41, 5.74) is 4.92. The fourth-order valence-electron chi connectivity index (χ4n) is 2.88. The minimum atomic E-state index is 0.907. The smallest absolute Gasteiger partial charge is 0.0974 e. The van der Waals surface area contributed by atoms with Crippen molar-refractivity contribution in [3.8, 4) is 11.3 Å². The molecule has 19 heavy (non-hydrogen) atoms. The zero-order valence-electron chi connectivity index (χ0n) is 10.6. The lowest BCUT2D eigenvalue weighted by atomic mass is 9.97. The summed E-state index contributed by atoms with van der Waals surface area (Å²) >= 11 is 0. The Balaban J connectivity index is 1.98. The highest BCUT2D eigenvalue weighted by atomic mass is 15.1. The molecule has 94 valence electrons. The second kappa shape index (κ2) is 4.21. The van der Waals surface area contributed by atoms with Gasteiger partial charge in [0.15, 0.2) is 0 Å². The predicted molar refractivity (Wildman–Crippen MR) is 76.9 cm³/mol. The van der Waals surface area contributed by atoms with Gasteiger partial charge in [0.25, 0.3) is 0 Å². The van der Waals surface area contributed by atoms with E-state index < -0.39 is 0 Å². The van der Waals surface area contributed by atoms with Gasteiger partial charge in [0.05, 0.1) is 5.69 Å². The van der Waals surface area contributed by atoms with Crippen molar-refractivity contribution in [1.29, 1.82) is 0 Å². The Bertz CT molecular complexity index is 737. The van der Waals surface area contributed by atoms with Crippen LogP contribution in [0, 0.1) is 0 Å². The van der Waals surface area contributed by atoms with E-state index in [1.807, 2.05) is 0 Å². The fourth-order valence-corrected chi connectivity index (χ4v) is 2.88. The molecule has 3 nitrogen and oxygen atoms in total. The van der Waals surface area contributed by atoms with Crippen LogP contribution in [0.25, 0.3) is 22.0 Å². The van der Waals surface area contributed by atoms with Gasteiger partial charge in [-0.3, -0.25) is 5.10 Å². The maximum Gasteiger partial charge on any atom is 0.0974 e. The Morgan fingerprint density at radius 3 is 2.89 bits per heavy atom. The van der Waals surface area contributed by atoms with Gasteiger partial charge in [0, 0.05) is 36.3 Å². The van der Waals surface area contributed by atoms with Crippen LogP contribution in [0.1, 0.15) is 11.3 Å². The third-order valence-corrected chi connectivity index (χ3v) is 3.85. The molecule has 0 atom stereocenters. The maximum absolute atomic E-state index is 4.55. The predicted octanol–water partition coefficient (Wildman–Crippen LogP) is 2.88. The van der Waals surface area contributed by atoms with Crippen molar-refractivity contribution in [2.24, 2.45) is 0 Å². The number of hydrogen-bond donors (Lipinski definition) is 2. The number of rotatable bonds is 1. The fraction of sp³-hybridized carbons (Fsp3) is 0.188. The molecule has 2 heterocycles. The number of hydrogen-bond acceptors (Lipinski definition) is 2. The van der Waals surface area contributed by atoms with Crippen molar-refractivity contribution >= 4 is 10.8 Å². The molecule has 4 rings (SSSR count). The Hall–Kier alpha value is -2.13. The van der Waals surface area contributed by atoms with Crippen LogP contribution in [0.3, 0.4) is 0 Å². The van der Waals surface area contributed by atoms with Crippen molar-refractivity contribution in [3.05, 3.63) is 53.7 Å². The summed E-state index contributed by atoms with van der Waals surface area (Å²) in [7, 11) is 0. The Morgan fingerprint density at radius 1 is 1.00 bits per heavy atom. The summed E-state index contributed by atoms with van der Waals surface area (Å²) in [4.78, 5) is 0. The van der Waals surface area contributed by atoms with Crippen LogP contribution in [0.2, 0.25) is 0 Å². The highest BCUT2D eigenvalue weighted by molar-refractivity contribution is 5.96. The molecule has 1 aliphatic rings. The summed E-state index contributed by atoms with van der Waals surface area (Å²) in [6.45, 7) is 1.94. The van der Waals surface area contributed by atoms with Gasteiger partial charge in [-0.2, -0.15) is 5.10 Å². The topological polar surface area (TPSA) is 40.7 Å². The lowest BCUT2D eigenvalue weighted by Gasteiger charge is -2.13. The number of fused-ring (bicyclic) bond motifs is 2. The minimum absolute atomic E-state index is 0.907. The second-order valence-electron chi connectivity index (χ2n) is 4.98. The third kappa shape index (κ3) is 1.66. The first-order valence-electron chi connectivity index (χ1n) is 6.68. The molecular weight excluding hydrogens is 234 g/mol. The first-order chi connectivity index (χ1) is 9.43. The molecule has 0 fully saturated rings. The van der Waals surface area contributed by atoms with Gasteiger partial charge in [-0.1, -0.05) is 42.5 Å². The highest BCUT2D eigenvalue weighted by Crippen LogP contribution is 2.31. The SMILES string of the molecule is c1ccc2c(-c3n[nH]c4c3CNCC4)cccc2c1. The van der Waals surface area contributed by atoms with E-state index in [0.29, 0.717) is 0 Å². The van der Waals surface area contributed by atoms with Crippen LogP contribution >= 0.6 is 0 Å². The highest BCUT2D eigenvalue weighted by Gasteiger charge is 2.18. The largest absolute Gasteiger partial charge is 0.312 e. The van der Waals surface area contributed by atoms with Crippen molar-refractivity contribution in [2.45, 2.75) is 13.0 Å². The zero-order chi connectivity index (χ0) is 12.7. The Labute approximate surface area is 111 Å². The molecule has 0 spiro atoms. The monoisotopic (exact) mass is 249 g/mol. The summed E-state index contributed by atoms with van der Waals surface area (Å²) < 4.78 is 0. The number of H-pyrrole nitrogens is 1. The van der Waals surface area contributed by atoms with Crippen molar-refractivity contribution in [3.63, 3.8) is 0 Å². The molecule has 3 heteroatoms. The van der Waals surface area contributed by atoms with E-state index in [0.717, 1.165) is 25.2 Å². The maximum atomic E-state index is 4.55. The molecule has 2 N–H and O–H groups in total. The number of aromatic amines is 1. The molecule has 0 unspecified atom stereocenters. The third-order valence-electron chi connectivity index (χ3n) is 3.85. The van der Waals surface area contributed by atoms with E-state index in [4.69, 9.17) is 0 Å². The number of benzene rings is 2. The molecular formula is C16H15N3. The average Bonchev–Trinajstić information content (AvgIpc) is 2.90. The van der Waals surface area contributed by atoms with Crippen LogP contribution < -0.4 is 5.32 Å². The molecule has 0 radical (unpaired) electrons. The van der Waals surface area contributed by atoms with E-state index in [2.05, 4.69) is 58.0 Å². The van der Waals surface area contributed by atoms with Crippen LogP contribution in [-0.2, 0) is 13.0 Å². The Morgan fingerprint density at radius 2 is 1.89 bits per heavy atom. The van der Waals surface area contributed by atoms with Gasteiger partial charge >= 0.3 is 0 Å². The average molecular weight is 249 g/mol. The van der Waals surface area contributed by atoms with Crippen LogP contribution in [0.4, 0.5) is 0 Å². The molecule has 2 aromatic carbocycles. The normalized spacial score (nSPS) is 14.5. The van der Waals surface area contributed by atoms with Gasteiger partial charge in [-0.25, -0.2) is 0 Å². The van der Waals surface area contributed by atoms with Crippen molar-refractivity contribution in [2.75, 3.05) is 6.54 Å². The van der Waals surface area contributed by atoms with Gasteiger partial charge < -0.3 is 5.32 Å². The standard InChI is InChI=1S/C16H15N3/c1-2-6-12-11(4-1)5-3-7-13(12)16-14-10-17-9-8-15(14)18-19-16/h1-7,17H,8-10H2,(H,18,19). The van der Waals surface area contributed by atoms with Crippen LogP contribution in [0.15, 0.2) is 42.5 Å². The molecule has 1 aliphatic heterocycles. The first kappa shape index (κ1) is 10.8. The molecule has 0 aliphatic carbocycles. The first-order valence-corrected chi connectivity index (χ1v) is 6.68. The summed E-state index contributed by atoms with van der Waals surface area (Å²) in [6, 6.07) is 14.9. The van der Waals surface area contributed by atoms with Crippen LogP contribution in [0.5, 0.6) is 0 Å². The van der Waals surface area contributed by atoms with Gasteiger partial charge in [0.2, 0.25) is 0 Å². The van der Waals surface area contributed by atoms with Crippen molar-refractivity contribution in [1.82, 2.24) is 15.5 Å². The minimum Gasteiger partial charge on any atom is -0.312 e. The molecule has 0 saturated carbocycles. The number of aromatic nitrogens is 2. The summed E-state index contributed by atoms with van der Waals surface area (Å²) in [5.74, 6) is 0.